The number of rotatable bonds is 2. The largest absolute Gasteiger partial charge is 0.365 e. The molecule has 4 heteroatoms. The third kappa shape index (κ3) is 1.67. The summed E-state index contributed by atoms with van der Waals surface area (Å²) in [5, 5.41) is 19.7. The first-order valence-corrected chi connectivity index (χ1v) is 4.78. The summed E-state index contributed by atoms with van der Waals surface area (Å²) in [5.41, 5.74) is 0.569. The van der Waals surface area contributed by atoms with Gasteiger partial charge in [0.25, 0.3) is 0 Å². The van der Waals surface area contributed by atoms with Crippen molar-refractivity contribution >= 4 is 5.82 Å². The lowest BCUT2D eigenvalue weighted by Crippen LogP contribution is -2.34. The molecule has 14 heavy (non-hydrogen) atoms. The van der Waals surface area contributed by atoms with E-state index in [1.807, 2.05) is 0 Å². The van der Waals surface area contributed by atoms with Gasteiger partial charge < -0.3 is 5.32 Å². The van der Waals surface area contributed by atoms with Gasteiger partial charge in [0.05, 0.1) is 11.8 Å². The van der Waals surface area contributed by atoms with Crippen molar-refractivity contribution in [2.75, 3.05) is 5.32 Å². The first-order chi connectivity index (χ1) is 6.79. The Balaban J connectivity index is 2.06. The number of hydrogen-bond acceptors (Lipinski definition) is 4. The van der Waals surface area contributed by atoms with E-state index in [9.17, 15) is 0 Å². The van der Waals surface area contributed by atoms with Crippen molar-refractivity contribution in [2.24, 2.45) is 5.92 Å². The molecule has 0 unspecified atom stereocenters. The van der Waals surface area contributed by atoms with E-state index < -0.39 is 0 Å². The van der Waals surface area contributed by atoms with Gasteiger partial charge in [-0.05, 0) is 24.8 Å². The number of hydrogen-bond donors (Lipinski definition) is 1. The maximum atomic E-state index is 8.82. The summed E-state index contributed by atoms with van der Waals surface area (Å²) in [5.74, 6) is 1.40. The molecule has 1 aromatic rings. The number of anilines is 1. The number of nitriles is 1. The summed E-state index contributed by atoms with van der Waals surface area (Å²) in [6.45, 7) is 2.22. The first kappa shape index (κ1) is 8.95. The van der Waals surface area contributed by atoms with Crippen LogP contribution in [0.15, 0.2) is 12.3 Å². The van der Waals surface area contributed by atoms with Crippen LogP contribution in [-0.4, -0.2) is 16.2 Å². The van der Waals surface area contributed by atoms with Crippen LogP contribution in [0.2, 0.25) is 0 Å². The quantitative estimate of drug-likeness (QED) is 0.765. The second-order valence-electron chi connectivity index (χ2n) is 3.82. The van der Waals surface area contributed by atoms with E-state index in [-0.39, 0.29) is 0 Å². The number of nitrogens with one attached hydrogen (secondary N) is 1. The van der Waals surface area contributed by atoms with Gasteiger partial charge in [-0.2, -0.15) is 10.4 Å². The zero-order valence-corrected chi connectivity index (χ0v) is 8.07. The van der Waals surface area contributed by atoms with Crippen molar-refractivity contribution in [1.82, 2.24) is 10.2 Å². The van der Waals surface area contributed by atoms with Gasteiger partial charge in [-0.25, -0.2) is 0 Å². The minimum atomic E-state index is 0.466. The second kappa shape index (κ2) is 3.62. The molecule has 0 bridgehead atoms. The highest BCUT2D eigenvalue weighted by atomic mass is 15.2. The average molecular weight is 188 g/mol. The molecule has 1 heterocycles. The van der Waals surface area contributed by atoms with E-state index in [4.69, 9.17) is 5.26 Å². The minimum absolute atomic E-state index is 0.466. The predicted octanol–water partition coefficient (Wildman–Crippen LogP) is 1.56. The Morgan fingerprint density at radius 1 is 1.57 bits per heavy atom. The van der Waals surface area contributed by atoms with E-state index in [0.29, 0.717) is 17.4 Å². The van der Waals surface area contributed by atoms with E-state index in [2.05, 4.69) is 28.5 Å². The number of aromatic nitrogens is 2. The summed E-state index contributed by atoms with van der Waals surface area (Å²) < 4.78 is 0. The topological polar surface area (TPSA) is 61.6 Å². The molecule has 4 nitrogen and oxygen atoms in total. The lowest BCUT2D eigenvalue weighted by molar-refractivity contribution is 0.308. The van der Waals surface area contributed by atoms with E-state index in [1.165, 1.54) is 6.20 Å². The maximum absolute atomic E-state index is 8.82. The zero-order chi connectivity index (χ0) is 9.97. The number of nitrogens with zero attached hydrogens (tertiary/aromatic N) is 3. The zero-order valence-electron chi connectivity index (χ0n) is 8.07. The fraction of sp³-hybridized carbons (Fsp3) is 0.500. The Kier molecular flexibility index (Phi) is 2.32. The molecule has 2 rings (SSSR count). The fourth-order valence-electron chi connectivity index (χ4n) is 1.74. The monoisotopic (exact) mass is 188 g/mol. The highest BCUT2D eigenvalue weighted by Crippen LogP contribution is 2.29. The van der Waals surface area contributed by atoms with Gasteiger partial charge in [-0.1, -0.05) is 6.92 Å². The van der Waals surface area contributed by atoms with Crippen LogP contribution in [0.25, 0.3) is 0 Å². The second-order valence-corrected chi connectivity index (χ2v) is 3.82. The molecular formula is C10H12N4. The molecule has 0 aromatic carbocycles. The lowest BCUT2D eigenvalue weighted by Gasteiger charge is -2.33. The Bertz CT molecular complexity index is 363. The Morgan fingerprint density at radius 2 is 2.36 bits per heavy atom. The fourth-order valence-corrected chi connectivity index (χ4v) is 1.74. The van der Waals surface area contributed by atoms with Gasteiger partial charge in [-0.3, -0.25) is 0 Å². The standard InChI is InChI=1S/C10H12N4/c1-7-4-9(5-7)13-10-8(6-11)2-3-12-14-10/h2-3,7,9H,4-5H2,1H3,(H,13,14). The van der Waals surface area contributed by atoms with Crippen molar-refractivity contribution in [3.63, 3.8) is 0 Å². The van der Waals surface area contributed by atoms with Crippen molar-refractivity contribution in [3.05, 3.63) is 17.8 Å². The van der Waals surface area contributed by atoms with Crippen LogP contribution in [0.1, 0.15) is 25.3 Å². The molecule has 0 aliphatic heterocycles. The molecule has 0 saturated heterocycles. The third-order valence-electron chi connectivity index (χ3n) is 2.56. The maximum Gasteiger partial charge on any atom is 0.166 e. The summed E-state index contributed by atoms with van der Waals surface area (Å²) in [7, 11) is 0. The smallest absolute Gasteiger partial charge is 0.166 e. The van der Waals surface area contributed by atoms with Crippen LogP contribution >= 0.6 is 0 Å². The molecule has 1 aliphatic carbocycles. The minimum Gasteiger partial charge on any atom is -0.365 e. The Hall–Kier alpha value is -1.63. The first-order valence-electron chi connectivity index (χ1n) is 4.78. The highest BCUT2D eigenvalue weighted by Gasteiger charge is 2.25. The SMILES string of the molecule is CC1CC(Nc2nnccc2C#N)C1. The van der Waals surface area contributed by atoms with Gasteiger partial charge in [-0.15, -0.1) is 5.10 Å². The molecule has 0 amide bonds. The van der Waals surface area contributed by atoms with Crippen LogP contribution in [-0.2, 0) is 0 Å². The van der Waals surface area contributed by atoms with Gasteiger partial charge in [0.15, 0.2) is 5.82 Å². The Morgan fingerprint density at radius 3 is 3.00 bits per heavy atom. The third-order valence-corrected chi connectivity index (χ3v) is 2.56. The molecular weight excluding hydrogens is 176 g/mol. The summed E-state index contributed by atoms with van der Waals surface area (Å²) in [4.78, 5) is 0. The van der Waals surface area contributed by atoms with Crippen molar-refractivity contribution in [3.8, 4) is 6.07 Å². The molecule has 1 N–H and O–H groups in total. The predicted molar refractivity (Wildman–Crippen MR) is 52.6 cm³/mol. The molecule has 1 saturated carbocycles. The Labute approximate surface area is 83.0 Å². The van der Waals surface area contributed by atoms with Crippen LogP contribution in [0.5, 0.6) is 0 Å². The summed E-state index contributed by atoms with van der Waals surface area (Å²) in [6, 6.07) is 4.24. The molecule has 0 spiro atoms. The van der Waals surface area contributed by atoms with E-state index in [1.54, 1.807) is 6.07 Å². The highest BCUT2D eigenvalue weighted by molar-refractivity contribution is 5.50. The summed E-state index contributed by atoms with van der Waals surface area (Å²) in [6.07, 6.45) is 3.84. The van der Waals surface area contributed by atoms with Gasteiger partial charge in [0.1, 0.15) is 6.07 Å². The van der Waals surface area contributed by atoms with Crippen LogP contribution < -0.4 is 5.32 Å². The van der Waals surface area contributed by atoms with E-state index in [0.717, 1.165) is 18.8 Å². The van der Waals surface area contributed by atoms with Gasteiger partial charge in [0.2, 0.25) is 0 Å². The van der Waals surface area contributed by atoms with Gasteiger partial charge in [0, 0.05) is 6.04 Å². The van der Waals surface area contributed by atoms with E-state index >= 15 is 0 Å². The molecule has 1 aliphatic rings. The average Bonchev–Trinajstić information content (AvgIpc) is 2.16. The summed E-state index contributed by atoms with van der Waals surface area (Å²) >= 11 is 0. The molecule has 0 atom stereocenters. The van der Waals surface area contributed by atoms with Crippen LogP contribution in [0, 0.1) is 17.2 Å². The van der Waals surface area contributed by atoms with Gasteiger partial charge >= 0.3 is 0 Å². The van der Waals surface area contributed by atoms with Crippen LogP contribution in [0.3, 0.4) is 0 Å². The van der Waals surface area contributed by atoms with Crippen LogP contribution in [0.4, 0.5) is 5.82 Å². The van der Waals surface area contributed by atoms with Crippen molar-refractivity contribution in [1.29, 1.82) is 5.26 Å². The normalized spacial score (nSPS) is 24.9. The lowest BCUT2D eigenvalue weighted by atomic mass is 9.82. The molecule has 1 aromatic heterocycles. The van der Waals surface area contributed by atoms with Crippen molar-refractivity contribution in [2.45, 2.75) is 25.8 Å². The molecule has 72 valence electrons. The molecule has 1 fully saturated rings. The van der Waals surface area contributed by atoms with Crippen molar-refractivity contribution < 1.29 is 0 Å². The molecule has 0 radical (unpaired) electrons.